The summed E-state index contributed by atoms with van der Waals surface area (Å²) in [6.45, 7) is 1.28. The van der Waals surface area contributed by atoms with Gasteiger partial charge in [-0.1, -0.05) is 36.0 Å². The number of likely N-dealkylation sites (tertiary alicyclic amines) is 1. The van der Waals surface area contributed by atoms with Gasteiger partial charge < -0.3 is 15.1 Å². The van der Waals surface area contributed by atoms with Crippen molar-refractivity contribution in [1.82, 2.24) is 10.2 Å². The first-order valence-electron chi connectivity index (χ1n) is 8.81. The Hall–Kier alpha value is -2.47. The number of fused-ring (bicyclic) bond motifs is 2. The summed E-state index contributed by atoms with van der Waals surface area (Å²) >= 11 is 1.75. The van der Waals surface area contributed by atoms with Gasteiger partial charge in [0, 0.05) is 36.3 Å². The maximum atomic E-state index is 12.4. The molecule has 0 spiro atoms. The molecule has 5 nitrogen and oxygen atoms in total. The average molecular weight is 367 g/mol. The normalized spacial score (nSPS) is 18.5. The summed E-state index contributed by atoms with van der Waals surface area (Å²) in [7, 11) is 1.77. The van der Waals surface area contributed by atoms with E-state index < -0.39 is 0 Å². The number of amides is 2. The van der Waals surface area contributed by atoms with E-state index in [1.54, 1.807) is 23.7 Å². The lowest BCUT2D eigenvalue weighted by atomic mass is 10.2. The van der Waals surface area contributed by atoms with Crippen molar-refractivity contribution < 1.29 is 9.59 Å². The van der Waals surface area contributed by atoms with Crippen LogP contribution < -0.4 is 10.2 Å². The molecule has 6 heteroatoms. The predicted octanol–water partition coefficient (Wildman–Crippen LogP) is 3.03. The molecule has 1 unspecified atom stereocenters. The Morgan fingerprint density at radius 2 is 1.73 bits per heavy atom. The monoisotopic (exact) mass is 367 g/mol. The number of carbonyl (C=O) groups excluding carboxylic acids is 2. The molecule has 1 atom stereocenters. The van der Waals surface area contributed by atoms with Crippen LogP contribution in [0, 0.1) is 0 Å². The zero-order valence-corrected chi connectivity index (χ0v) is 15.5. The van der Waals surface area contributed by atoms with Crippen molar-refractivity contribution in [2.24, 2.45) is 0 Å². The molecular weight excluding hydrogens is 346 g/mol. The summed E-state index contributed by atoms with van der Waals surface area (Å²) in [5.74, 6) is -0.0738. The van der Waals surface area contributed by atoms with Crippen LogP contribution in [0.1, 0.15) is 12.8 Å². The standard InChI is InChI=1S/C20H21N3O2S/c1-22-12-10-14(20(22)25)21-19(24)11-13-23-15-6-2-4-8-17(15)26-18-9-5-3-7-16(18)23/h2-9,14H,10-13H2,1H3,(H,21,24). The number of likely N-dealkylation sites (N-methyl/N-ethyl adjacent to an activating group) is 1. The summed E-state index contributed by atoms with van der Waals surface area (Å²) in [5, 5.41) is 2.88. The van der Waals surface area contributed by atoms with Crippen molar-refractivity contribution in [3.8, 4) is 0 Å². The SMILES string of the molecule is CN1CCC(NC(=O)CCN2c3ccccc3Sc3ccccc32)C1=O. The van der Waals surface area contributed by atoms with E-state index >= 15 is 0 Å². The van der Waals surface area contributed by atoms with E-state index in [1.165, 1.54) is 9.79 Å². The van der Waals surface area contributed by atoms with Crippen molar-refractivity contribution in [3.63, 3.8) is 0 Å². The van der Waals surface area contributed by atoms with Gasteiger partial charge >= 0.3 is 0 Å². The summed E-state index contributed by atoms with van der Waals surface area (Å²) in [6.07, 6.45) is 1.04. The summed E-state index contributed by atoms with van der Waals surface area (Å²) in [4.78, 5) is 30.6. The van der Waals surface area contributed by atoms with Gasteiger partial charge in [0.1, 0.15) is 6.04 Å². The summed E-state index contributed by atoms with van der Waals surface area (Å²) in [5.41, 5.74) is 2.25. The fraction of sp³-hybridized carbons (Fsp3) is 0.300. The first-order valence-corrected chi connectivity index (χ1v) is 9.63. The van der Waals surface area contributed by atoms with Crippen LogP contribution in [0.15, 0.2) is 58.3 Å². The molecule has 4 rings (SSSR count). The molecule has 0 saturated carbocycles. The Kier molecular flexibility index (Phi) is 4.59. The lowest BCUT2D eigenvalue weighted by Crippen LogP contribution is -2.41. The van der Waals surface area contributed by atoms with E-state index in [1.807, 2.05) is 24.3 Å². The molecule has 2 aromatic rings. The molecule has 0 aliphatic carbocycles. The zero-order valence-electron chi connectivity index (χ0n) is 14.6. The molecule has 1 fully saturated rings. The lowest BCUT2D eigenvalue weighted by molar-refractivity contribution is -0.131. The Balaban J connectivity index is 1.48. The second-order valence-electron chi connectivity index (χ2n) is 6.61. The molecule has 26 heavy (non-hydrogen) atoms. The van der Waals surface area contributed by atoms with Crippen LogP contribution >= 0.6 is 11.8 Å². The molecular formula is C20H21N3O2S. The van der Waals surface area contributed by atoms with Crippen LogP contribution in [-0.2, 0) is 9.59 Å². The van der Waals surface area contributed by atoms with Gasteiger partial charge in [0.2, 0.25) is 11.8 Å². The maximum absolute atomic E-state index is 12.4. The number of benzene rings is 2. The van der Waals surface area contributed by atoms with Crippen molar-refractivity contribution >= 4 is 35.0 Å². The Morgan fingerprint density at radius 3 is 2.31 bits per heavy atom. The van der Waals surface area contributed by atoms with Gasteiger partial charge in [0.15, 0.2) is 0 Å². The van der Waals surface area contributed by atoms with Gasteiger partial charge in [-0.25, -0.2) is 0 Å². The van der Waals surface area contributed by atoms with Crippen molar-refractivity contribution in [2.75, 3.05) is 25.0 Å². The van der Waals surface area contributed by atoms with Gasteiger partial charge in [0.25, 0.3) is 0 Å². The van der Waals surface area contributed by atoms with Gasteiger partial charge in [-0.05, 0) is 30.7 Å². The molecule has 134 valence electrons. The molecule has 2 heterocycles. The van der Waals surface area contributed by atoms with Crippen LogP contribution in [0.5, 0.6) is 0 Å². The van der Waals surface area contributed by atoms with Gasteiger partial charge in [-0.3, -0.25) is 9.59 Å². The van der Waals surface area contributed by atoms with Crippen LogP contribution in [0.25, 0.3) is 0 Å². The first-order chi connectivity index (χ1) is 12.6. The fourth-order valence-electron chi connectivity index (χ4n) is 3.46. The third kappa shape index (κ3) is 3.17. The molecule has 1 N–H and O–H groups in total. The third-order valence-electron chi connectivity index (χ3n) is 4.86. The molecule has 1 saturated heterocycles. The van der Waals surface area contributed by atoms with E-state index in [9.17, 15) is 9.59 Å². The lowest BCUT2D eigenvalue weighted by Gasteiger charge is -2.32. The highest BCUT2D eigenvalue weighted by Gasteiger charge is 2.30. The minimum atomic E-state index is -0.371. The highest BCUT2D eigenvalue weighted by Crippen LogP contribution is 2.47. The van der Waals surface area contributed by atoms with Crippen LogP contribution in [0.3, 0.4) is 0 Å². The van der Waals surface area contributed by atoms with Gasteiger partial charge in [-0.2, -0.15) is 0 Å². The zero-order chi connectivity index (χ0) is 18.1. The second kappa shape index (κ2) is 7.03. The Bertz CT molecular complexity index is 809. The number of hydrogen-bond acceptors (Lipinski definition) is 4. The van der Waals surface area contributed by atoms with E-state index in [2.05, 4.69) is 34.5 Å². The largest absolute Gasteiger partial charge is 0.344 e. The number of rotatable bonds is 4. The first kappa shape index (κ1) is 17.0. The molecule has 0 bridgehead atoms. The minimum Gasteiger partial charge on any atom is -0.344 e. The number of nitrogens with one attached hydrogen (secondary N) is 1. The van der Waals surface area contributed by atoms with Gasteiger partial charge in [-0.15, -0.1) is 0 Å². The molecule has 0 radical (unpaired) electrons. The van der Waals surface area contributed by atoms with E-state index in [0.29, 0.717) is 25.9 Å². The molecule has 2 aliphatic heterocycles. The van der Waals surface area contributed by atoms with Crippen molar-refractivity contribution in [1.29, 1.82) is 0 Å². The minimum absolute atomic E-state index is 0.00316. The van der Waals surface area contributed by atoms with E-state index in [0.717, 1.165) is 11.4 Å². The number of para-hydroxylation sites is 2. The molecule has 2 aliphatic rings. The quantitative estimate of drug-likeness (QED) is 0.903. The number of hydrogen-bond donors (Lipinski definition) is 1. The van der Waals surface area contributed by atoms with Crippen LogP contribution in [0.2, 0.25) is 0 Å². The number of nitrogens with zero attached hydrogens (tertiary/aromatic N) is 2. The third-order valence-corrected chi connectivity index (χ3v) is 5.99. The molecule has 2 aromatic carbocycles. The highest BCUT2D eigenvalue weighted by atomic mass is 32.2. The van der Waals surface area contributed by atoms with Crippen LogP contribution in [-0.4, -0.2) is 42.9 Å². The summed E-state index contributed by atoms with van der Waals surface area (Å²) in [6, 6.07) is 16.1. The van der Waals surface area contributed by atoms with Crippen molar-refractivity contribution in [3.05, 3.63) is 48.5 Å². The Labute approximate surface area is 157 Å². The molecule has 0 aromatic heterocycles. The molecule has 2 amide bonds. The summed E-state index contributed by atoms with van der Waals surface area (Å²) < 4.78 is 0. The predicted molar refractivity (Wildman–Crippen MR) is 103 cm³/mol. The van der Waals surface area contributed by atoms with E-state index in [4.69, 9.17) is 0 Å². The van der Waals surface area contributed by atoms with Crippen molar-refractivity contribution in [2.45, 2.75) is 28.7 Å². The Morgan fingerprint density at radius 1 is 1.12 bits per heavy atom. The number of carbonyl (C=O) groups is 2. The number of anilines is 2. The topological polar surface area (TPSA) is 52.7 Å². The van der Waals surface area contributed by atoms with E-state index in [-0.39, 0.29) is 17.9 Å². The maximum Gasteiger partial charge on any atom is 0.244 e. The second-order valence-corrected chi connectivity index (χ2v) is 7.69. The van der Waals surface area contributed by atoms with Crippen LogP contribution in [0.4, 0.5) is 11.4 Å². The highest BCUT2D eigenvalue weighted by molar-refractivity contribution is 7.99. The smallest absolute Gasteiger partial charge is 0.244 e. The van der Waals surface area contributed by atoms with Gasteiger partial charge in [0.05, 0.1) is 11.4 Å². The fourth-order valence-corrected chi connectivity index (χ4v) is 4.55. The average Bonchev–Trinajstić information content (AvgIpc) is 2.97.